The topological polar surface area (TPSA) is 89.5 Å². The molecule has 0 bridgehead atoms. The van der Waals surface area contributed by atoms with E-state index in [-0.39, 0.29) is 11.6 Å². The SMILES string of the molecule is C[C@H]1[C@@H](NC(=O)[C@@H](C)OC(=O)c2ccc(S(=O)(=O)C(F)F)cc2)CCC[C@@H]1C. The minimum atomic E-state index is -4.73. The molecular weight excluding hydrogens is 392 g/mol. The van der Waals surface area contributed by atoms with Crippen LogP contribution in [0.2, 0.25) is 0 Å². The van der Waals surface area contributed by atoms with Gasteiger partial charge in [-0.25, -0.2) is 13.2 Å². The highest BCUT2D eigenvalue weighted by Crippen LogP contribution is 2.29. The summed E-state index contributed by atoms with van der Waals surface area (Å²) in [6.07, 6.45) is 1.98. The molecule has 1 saturated carbocycles. The third-order valence-electron chi connectivity index (χ3n) is 5.34. The third-order valence-corrected chi connectivity index (χ3v) is 6.74. The Balaban J connectivity index is 1.97. The number of carbonyl (C=O) groups is 2. The Bertz CT molecular complexity index is 810. The van der Waals surface area contributed by atoms with E-state index in [1.165, 1.54) is 6.92 Å². The van der Waals surface area contributed by atoms with Crippen molar-refractivity contribution in [2.45, 2.75) is 62.8 Å². The Kier molecular flexibility index (Phi) is 7.14. The van der Waals surface area contributed by atoms with Crippen molar-refractivity contribution in [2.75, 3.05) is 0 Å². The molecule has 0 aliphatic heterocycles. The number of alkyl halides is 2. The summed E-state index contributed by atoms with van der Waals surface area (Å²) in [6.45, 7) is 5.67. The second kappa shape index (κ2) is 8.98. The molecular formula is C19H25F2NO5S. The molecule has 0 spiro atoms. The molecule has 1 amide bonds. The van der Waals surface area contributed by atoms with Gasteiger partial charge in [-0.2, -0.15) is 8.78 Å². The quantitative estimate of drug-likeness (QED) is 0.718. The number of carbonyl (C=O) groups excluding carboxylic acids is 2. The Hall–Kier alpha value is -2.03. The van der Waals surface area contributed by atoms with Crippen LogP contribution in [0.3, 0.4) is 0 Å². The minimum Gasteiger partial charge on any atom is -0.449 e. The summed E-state index contributed by atoms with van der Waals surface area (Å²) in [5.41, 5.74) is -0.0347. The van der Waals surface area contributed by atoms with E-state index in [1.807, 2.05) is 0 Å². The molecule has 0 saturated heterocycles. The monoisotopic (exact) mass is 417 g/mol. The van der Waals surface area contributed by atoms with Crippen molar-refractivity contribution in [1.29, 1.82) is 0 Å². The van der Waals surface area contributed by atoms with Gasteiger partial charge in [0.2, 0.25) is 9.84 Å². The Labute approximate surface area is 163 Å². The van der Waals surface area contributed by atoms with Crippen LogP contribution < -0.4 is 5.32 Å². The van der Waals surface area contributed by atoms with Gasteiger partial charge in [0.1, 0.15) is 0 Å². The molecule has 1 aromatic rings. The highest BCUT2D eigenvalue weighted by atomic mass is 32.2. The van der Waals surface area contributed by atoms with Crippen LogP contribution in [0.1, 0.15) is 50.4 Å². The van der Waals surface area contributed by atoms with Gasteiger partial charge in [-0.3, -0.25) is 4.79 Å². The fourth-order valence-electron chi connectivity index (χ4n) is 3.25. The average Bonchev–Trinajstić information content (AvgIpc) is 2.65. The van der Waals surface area contributed by atoms with Crippen molar-refractivity contribution < 1.29 is 31.5 Å². The number of benzene rings is 1. The predicted molar refractivity (Wildman–Crippen MR) is 98.6 cm³/mol. The van der Waals surface area contributed by atoms with Crippen LogP contribution in [-0.4, -0.2) is 38.2 Å². The first kappa shape index (κ1) is 22.3. The molecule has 2 rings (SSSR count). The van der Waals surface area contributed by atoms with Gasteiger partial charge in [0.05, 0.1) is 10.5 Å². The Morgan fingerprint density at radius 2 is 1.75 bits per heavy atom. The molecule has 1 fully saturated rings. The van der Waals surface area contributed by atoms with Gasteiger partial charge in [-0.1, -0.05) is 26.7 Å². The zero-order valence-corrected chi connectivity index (χ0v) is 16.8. The Morgan fingerprint density at radius 1 is 1.14 bits per heavy atom. The predicted octanol–water partition coefficient (Wildman–Crippen LogP) is 3.17. The van der Waals surface area contributed by atoms with E-state index in [9.17, 15) is 26.8 Å². The number of nitrogens with one attached hydrogen (secondary N) is 1. The molecule has 4 atom stereocenters. The highest BCUT2D eigenvalue weighted by molar-refractivity contribution is 7.91. The van der Waals surface area contributed by atoms with Gasteiger partial charge in [-0.05, 0) is 49.4 Å². The van der Waals surface area contributed by atoms with Crippen LogP contribution in [0.4, 0.5) is 8.78 Å². The molecule has 0 radical (unpaired) electrons. The van der Waals surface area contributed by atoms with Gasteiger partial charge in [0, 0.05) is 6.04 Å². The largest absolute Gasteiger partial charge is 0.449 e. The number of sulfone groups is 1. The molecule has 1 N–H and O–H groups in total. The standard InChI is InChI=1S/C19H25F2NO5S/c1-11-5-4-6-16(12(11)2)22-17(23)13(3)27-18(24)14-7-9-15(10-8-14)28(25,26)19(20)21/h7-13,16,19H,4-6H2,1-3H3,(H,22,23)/t11-,12+,13+,16-/m0/s1. The van der Waals surface area contributed by atoms with Crippen LogP contribution in [0.15, 0.2) is 29.2 Å². The van der Waals surface area contributed by atoms with Gasteiger partial charge in [-0.15, -0.1) is 0 Å². The van der Waals surface area contributed by atoms with Gasteiger partial charge >= 0.3 is 11.7 Å². The smallest absolute Gasteiger partial charge is 0.341 e. The maximum absolute atomic E-state index is 12.5. The molecule has 0 aromatic heterocycles. The van der Waals surface area contributed by atoms with E-state index < -0.39 is 38.5 Å². The van der Waals surface area contributed by atoms with E-state index in [1.54, 1.807) is 0 Å². The molecule has 9 heteroatoms. The lowest BCUT2D eigenvalue weighted by Gasteiger charge is -2.35. The number of esters is 1. The van der Waals surface area contributed by atoms with Crippen molar-refractivity contribution in [3.05, 3.63) is 29.8 Å². The lowest BCUT2D eigenvalue weighted by atomic mass is 9.78. The maximum atomic E-state index is 12.5. The fraction of sp³-hybridized carbons (Fsp3) is 0.579. The van der Waals surface area contributed by atoms with Crippen LogP contribution in [0.5, 0.6) is 0 Å². The van der Waals surface area contributed by atoms with E-state index in [4.69, 9.17) is 4.74 Å². The second-order valence-electron chi connectivity index (χ2n) is 7.26. The minimum absolute atomic E-state index is 0.0243. The average molecular weight is 417 g/mol. The number of ether oxygens (including phenoxy) is 1. The summed E-state index contributed by atoms with van der Waals surface area (Å²) >= 11 is 0. The first-order valence-electron chi connectivity index (χ1n) is 9.17. The summed E-state index contributed by atoms with van der Waals surface area (Å²) in [4.78, 5) is 23.9. The summed E-state index contributed by atoms with van der Waals surface area (Å²) in [6, 6.07) is 4.00. The van der Waals surface area contributed by atoms with E-state index >= 15 is 0 Å². The lowest BCUT2D eigenvalue weighted by molar-refractivity contribution is -0.130. The maximum Gasteiger partial charge on any atom is 0.341 e. The summed E-state index contributed by atoms with van der Waals surface area (Å²) in [5.74, 6) is -3.96. The van der Waals surface area contributed by atoms with Crippen LogP contribution in [0, 0.1) is 11.8 Å². The first-order chi connectivity index (χ1) is 13.0. The number of amides is 1. The van der Waals surface area contributed by atoms with E-state index in [2.05, 4.69) is 19.2 Å². The summed E-state index contributed by atoms with van der Waals surface area (Å²) in [7, 11) is -4.73. The molecule has 1 aromatic carbocycles. The zero-order valence-electron chi connectivity index (χ0n) is 16.0. The van der Waals surface area contributed by atoms with Crippen LogP contribution >= 0.6 is 0 Å². The van der Waals surface area contributed by atoms with Crippen molar-refractivity contribution in [3.63, 3.8) is 0 Å². The molecule has 0 unspecified atom stereocenters. The van der Waals surface area contributed by atoms with Gasteiger partial charge in [0.15, 0.2) is 6.10 Å². The summed E-state index contributed by atoms with van der Waals surface area (Å²) < 4.78 is 53.0. The fourth-order valence-corrected chi connectivity index (χ4v) is 3.97. The van der Waals surface area contributed by atoms with Crippen LogP contribution in [0.25, 0.3) is 0 Å². The highest BCUT2D eigenvalue weighted by Gasteiger charge is 2.30. The molecule has 6 nitrogen and oxygen atoms in total. The zero-order chi connectivity index (χ0) is 21.1. The van der Waals surface area contributed by atoms with Crippen molar-refractivity contribution >= 4 is 21.7 Å². The van der Waals surface area contributed by atoms with E-state index in [0.29, 0.717) is 11.8 Å². The molecule has 1 aliphatic rings. The normalized spacial score (nSPS) is 23.9. The lowest BCUT2D eigenvalue weighted by Crippen LogP contribution is -2.47. The van der Waals surface area contributed by atoms with Gasteiger partial charge < -0.3 is 10.1 Å². The van der Waals surface area contributed by atoms with Crippen molar-refractivity contribution in [3.8, 4) is 0 Å². The number of hydrogen-bond acceptors (Lipinski definition) is 5. The molecule has 0 heterocycles. The second-order valence-corrected chi connectivity index (χ2v) is 9.18. The molecule has 1 aliphatic carbocycles. The molecule has 28 heavy (non-hydrogen) atoms. The Morgan fingerprint density at radius 3 is 2.32 bits per heavy atom. The van der Waals surface area contributed by atoms with Crippen molar-refractivity contribution in [1.82, 2.24) is 5.32 Å². The van der Waals surface area contributed by atoms with Crippen molar-refractivity contribution in [2.24, 2.45) is 11.8 Å². The first-order valence-corrected chi connectivity index (χ1v) is 10.7. The van der Waals surface area contributed by atoms with Gasteiger partial charge in [0.25, 0.3) is 5.91 Å². The summed E-state index contributed by atoms with van der Waals surface area (Å²) in [5, 5.41) is 2.92. The number of halogens is 2. The molecule has 156 valence electrons. The number of hydrogen-bond donors (Lipinski definition) is 1. The van der Waals surface area contributed by atoms with E-state index in [0.717, 1.165) is 43.5 Å². The number of rotatable bonds is 6. The third kappa shape index (κ3) is 5.06. The van der Waals surface area contributed by atoms with Crippen LogP contribution in [-0.2, 0) is 19.4 Å².